The number of benzene rings is 3. The maximum absolute atomic E-state index is 6.21. The third-order valence-electron chi connectivity index (χ3n) is 4.42. The first kappa shape index (κ1) is 21.8. The van der Waals surface area contributed by atoms with Gasteiger partial charge in [0.1, 0.15) is 6.61 Å². The Kier molecular flexibility index (Phi) is 7.70. The largest absolute Gasteiger partial charge is 0.490 e. The van der Waals surface area contributed by atoms with E-state index >= 15 is 0 Å². The van der Waals surface area contributed by atoms with Crippen LogP contribution < -0.4 is 14.8 Å². The Labute approximate surface area is 190 Å². The maximum atomic E-state index is 6.21. The monoisotopic (exact) mass is 493 g/mol. The molecule has 0 aliphatic heterocycles. The van der Waals surface area contributed by atoms with Crippen LogP contribution in [0, 0.1) is 6.92 Å². The first-order valence-corrected chi connectivity index (χ1v) is 10.8. The molecule has 0 spiro atoms. The van der Waals surface area contributed by atoms with Crippen molar-refractivity contribution in [2.24, 2.45) is 0 Å². The van der Waals surface area contributed by atoms with Crippen molar-refractivity contribution in [1.29, 1.82) is 0 Å². The lowest BCUT2D eigenvalue weighted by Gasteiger charge is -2.17. The van der Waals surface area contributed by atoms with Crippen molar-refractivity contribution in [2.45, 2.75) is 27.0 Å². The normalized spacial score (nSPS) is 10.7. The molecular formula is C23H22BrCl2NO2. The summed E-state index contributed by atoms with van der Waals surface area (Å²) < 4.78 is 12.7. The van der Waals surface area contributed by atoms with Crippen molar-refractivity contribution in [3.63, 3.8) is 0 Å². The molecule has 152 valence electrons. The second-order valence-corrected chi connectivity index (χ2v) is 8.22. The predicted molar refractivity (Wildman–Crippen MR) is 125 cm³/mol. The van der Waals surface area contributed by atoms with Crippen LogP contribution in [0.5, 0.6) is 11.5 Å². The highest BCUT2D eigenvalue weighted by Crippen LogP contribution is 2.38. The first-order chi connectivity index (χ1) is 14.0. The second kappa shape index (κ2) is 10.2. The van der Waals surface area contributed by atoms with E-state index in [0.717, 1.165) is 31.9 Å². The Morgan fingerprint density at radius 2 is 1.72 bits per heavy atom. The molecule has 0 unspecified atom stereocenters. The SMILES string of the molecule is CCOc1cc(CNc2cccc(Cl)c2C)cc(Br)c1OCc1ccc(Cl)cc1. The lowest BCUT2D eigenvalue weighted by atomic mass is 10.1. The zero-order valence-corrected chi connectivity index (χ0v) is 19.4. The molecule has 3 aromatic rings. The van der Waals surface area contributed by atoms with Gasteiger partial charge < -0.3 is 14.8 Å². The van der Waals surface area contributed by atoms with E-state index in [0.29, 0.717) is 36.3 Å². The van der Waals surface area contributed by atoms with Gasteiger partial charge in [-0.05, 0) is 82.9 Å². The third-order valence-corrected chi connectivity index (χ3v) is 5.67. The Morgan fingerprint density at radius 1 is 0.966 bits per heavy atom. The zero-order valence-electron chi connectivity index (χ0n) is 16.3. The van der Waals surface area contributed by atoms with Crippen LogP contribution in [0.3, 0.4) is 0 Å². The van der Waals surface area contributed by atoms with Gasteiger partial charge in [0, 0.05) is 22.3 Å². The molecule has 3 nitrogen and oxygen atoms in total. The summed E-state index contributed by atoms with van der Waals surface area (Å²) in [5, 5.41) is 4.89. The Balaban J connectivity index is 1.76. The lowest BCUT2D eigenvalue weighted by molar-refractivity contribution is 0.267. The van der Waals surface area contributed by atoms with E-state index < -0.39 is 0 Å². The average molecular weight is 495 g/mol. The van der Waals surface area contributed by atoms with Crippen molar-refractivity contribution in [1.82, 2.24) is 0 Å². The molecule has 6 heteroatoms. The summed E-state index contributed by atoms with van der Waals surface area (Å²) in [6, 6.07) is 17.5. The molecule has 0 saturated carbocycles. The summed E-state index contributed by atoms with van der Waals surface area (Å²) in [6.45, 7) is 5.57. The van der Waals surface area contributed by atoms with Crippen LogP contribution in [0.1, 0.15) is 23.6 Å². The molecule has 0 aliphatic rings. The van der Waals surface area contributed by atoms with Crippen LogP contribution in [0.25, 0.3) is 0 Å². The summed E-state index contributed by atoms with van der Waals surface area (Å²) in [5.41, 5.74) is 4.14. The quantitative estimate of drug-likeness (QED) is 0.348. The highest BCUT2D eigenvalue weighted by Gasteiger charge is 2.13. The van der Waals surface area contributed by atoms with Crippen LogP contribution in [-0.4, -0.2) is 6.61 Å². The van der Waals surface area contributed by atoms with E-state index in [1.165, 1.54) is 0 Å². The number of hydrogen-bond donors (Lipinski definition) is 1. The Morgan fingerprint density at radius 3 is 2.45 bits per heavy atom. The van der Waals surface area contributed by atoms with Gasteiger partial charge in [0.25, 0.3) is 0 Å². The molecule has 29 heavy (non-hydrogen) atoms. The predicted octanol–water partition coefficient (Wildman–Crippen LogP) is 7.65. The minimum atomic E-state index is 0.426. The molecule has 1 N–H and O–H groups in total. The van der Waals surface area contributed by atoms with Crippen LogP contribution in [0.2, 0.25) is 10.0 Å². The maximum Gasteiger partial charge on any atom is 0.175 e. The van der Waals surface area contributed by atoms with E-state index in [1.54, 1.807) is 0 Å². The molecule has 0 radical (unpaired) electrons. The molecule has 0 bridgehead atoms. The van der Waals surface area contributed by atoms with Crippen LogP contribution in [0.4, 0.5) is 5.69 Å². The molecule has 0 atom stereocenters. The van der Waals surface area contributed by atoms with Gasteiger partial charge in [-0.15, -0.1) is 0 Å². The standard InChI is InChI=1S/C23H22BrCl2NO2/c1-3-28-22-12-17(13-27-21-6-4-5-20(26)15(21)2)11-19(24)23(22)29-14-16-7-9-18(25)10-8-16/h4-12,27H,3,13-14H2,1-2H3. The molecule has 0 heterocycles. The van der Waals surface area contributed by atoms with Crippen molar-refractivity contribution in [3.8, 4) is 11.5 Å². The van der Waals surface area contributed by atoms with E-state index in [9.17, 15) is 0 Å². The second-order valence-electron chi connectivity index (χ2n) is 6.52. The fourth-order valence-corrected chi connectivity index (χ4v) is 3.76. The molecule has 3 rings (SSSR count). The summed E-state index contributed by atoms with van der Waals surface area (Å²) in [5.74, 6) is 1.39. The van der Waals surface area contributed by atoms with Crippen LogP contribution >= 0.6 is 39.1 Å². The average Bonchev–Trinajstić information content (AvgIpc) is 2.70. The van der Waals surface area contributed by atoms with Gasteiger partial charge >= 0.3 is 0 Å². The fourth-order valence-electron chi connectivity index (χ4n) is 2.86. The topological polar surface area (TPSA) is 30.5 Å². The number of nitrogens with one attached hydrogen (secondary N) is 1. The van der Waals surface area contributed by atoms with Gasteiger partial charge in [0.15, 0.2) is 11.5 Å². The van der Waals surface area contributed by atoms with Crippen molar-refractivity contribution < 1.29 is 9.47 Å². The summed E-state index contributed by atoms with van der Waals surface area (Å²) >= 11 is 15.8. The molecule has 0 aromatic heterocycles. The molecule has 0 fully saturated rings. The van der Waals surface area contributed by atoms with Gasteiger partial charge in [0.2, 0.25) is 0 Å². The summed E-state index contributed by atoms with van der Waals surface area (Å²) in [7, 11) is 0. The highest BCUT2D eigenvalue weighted by atomic mass is 79.9. The van der Waals surface area contributed by atoms with Crippen molar-refractivity contribution in [2.75, 3.05) is 11.9 Å². The molecule has 3 aromatic carbocycles. The number of halogens is 3. The first-order valence-electron chi connectivity index (χ1n) is 9.29. The number of ether oxygens (including phenoxy) is 2. The van der Waals surface area contributed by atoms with Crippen LogP contribution in [0.15, 0.2) is 59.1 Å². The van der Waals surface area contributed by atoms with E-state index in [2.05, 4.69) is 21.2 Å². The van der Waals surface area contributed by atoms with Gasteiger partial charge in [-0.25, -0.2) is 0 Å². The number of rotatable bonds is 8. The van der Waals surface area contributed by atoms with Crippen molar-refractivity contribution >= 4 is 44.8 Å². The fraction of sp³-hybridized carbons (Fsp3) is 0.217. The van der Waals surface area contributed by atoms with Gasteiger partial charge in [-0.1, -0.05) is 41.4 Å². The Bertz CT molecular complexity index is 977. The van der Waals surface area contributed by atoms with Crippen molar-refractivity contribution in [3.05, 3.63) is 85.8 Å². The minimum absolute atomic E-state index is 0.426. The molecule has 0 saturated heterocycles. The van der Waals surface area contributed by atoms with Gasteiger partial charge in [0.05, 0.1) is 11.1 Å². The van der Waals surface area contributed by atoms with Gasteiger partial charge in [-0.3, -0.25) is 0 Å². The minimum Gasteiger partial charge on any atom is -0.490 e. The smallest absolute Gasteiger partial charge is 0.175 e. The summed E-state index contributed by atoms with van der Waals surface area (Å²) in [4.78, 5) is 0. The number of anilines is 1. The van der Waals surface area contributed by atoms with E-state index in [1.807, 2.05) is 68.4 Å². The lowest BCUT2D eigenvalue weighted by Crippen LogP contribution is -2.04. The Hall–Kier alpha value is -1.88. The molecule has 0 aliphatic carbocycles. The van der Waals surface area contributed by atoms with E-state index in [-0.39, 0.29) is 0 Å². The zero-order chi connectivity index (χ0) is 20.8. The molecular weight excluding hydrogens is 473 g/mol. The van der Waals surface area contributed by atoms with Crippen LogP contribution in [-0.2, 0) is 13.2 Å². The summed E-state index contributed by atoms with van der Waals surface area (Å²) in [6.07, 6.45) is 0. The van der Waals surface area contributed by atoms with E-state index in [4.69, 9.17) is 32.7 Å². The number of hydrogen-bond acceptors (Lipinski definition) is 3. The highest BCUT2D eigenvalue weighted by molar-refractivity contribution is 9.10. The molecule has 0 amide bonds. The third kappa shape index (κ3) is 5.81. The van der Waals surface area contributed by atoms with Gasteiger partial charge in [-0.2, -0.15) is 0 Å².